The molecule has 3 unspecified atom stereocenters. The zero-order valence-corrected chi connectivity index (χ0v) is 28.1. The third-order valence-electron chi connectivity index (χ3n) is 7.78. The van der Waals surface area contributed by atoms with Crippen LogP contribution in [0.4, 0.5) is 10.5 Å². The summed E-state index contributed by atoms with van der Waals surface area (Å²) in [6, 6.07) is 21.8. The van der Waals surface area contributed by atoms with Gasteiger partial charge in [-0.2, -0.15) is 0 Å². The Kier molecular flexibility index (Phi) is 13.9. The summed E-state index contributed by atoms with van der Waals surface area (Å²) in [7, 11) is 0. The lowest BCUT2D eigenvalue weighted by molar-refractivity contribution is -0.139. The van der Waals surface area contributed by atoms with E-state index in [1.807, 2.05) is 48.5 Å². The van der Waals surface area contributed by atoms with Crippen LogP contribution in [-0.4, -0.2) is 76.2 Å². The van der Waals surface area contributed by atoms with Crippen LogP contribution >= 0.6 is 11.8 Å². The van der Waals surface area contributed by atoms with Gasteiger partial charge in [0.25, 0.3) is 0 Å². The Bertz CT molecular complexity index is 1640. The number of hydrogen-bond acceptors (Lipinski definition) is 10. The lowest BCUT2D eigenvalue weighted by atomic mass is 10.1. The molecular formula is C35H41N7O7S. The van der Waals surface area contributed by atoms with E-state index < -0.39 is 41.3 Å². The predicted octanol–water partition coefficient (Wildman–Crippen LogP) is 1.42. The number of primary amides is 1. The average Bonchev–Trinajstić information content (AvgIpc) is 3.37. The summed E-state index contributed by atoms with van der Waals surface area (Å²) in [5, 5.41) is 7.17. The minimum atomic E-state index is -1.11. The fourth-order valence-electron chi connectivity index (χ4n) is 4.98. The molecule has 1 saturated heterocycles. The molecule has 0 aromatic heterocycles. The van der Waals surface area contributed by atoms with Crippen LogP contribution in [0.25, 0.3) is 0 Å². The zero-order chi connectivity index (χ0) is 36.0. The standard InChI is InChI=1S/C35H41N7O7S/c36-26(32(45)41-28(31(38)44)21-50-29-19-30(43)42(34(29)47)20-23-8-3-1-4-9-23)12-7-17-39-35(48)49-25-15-13-22(14-16-25)18-27(37)33(46)40-24-10-5-2-6-11-24/h1-6,8-11,13-16,26-29H,7,12,17-21,36-37H2,(H2,38,44)(H,39,48)(H,40,46)(H,41,45)/t26?,27?,28-,29?/m0/s1. The predicted molar refractivity (Wildman–Crippen MR) is 188 cm³/mol. The summed E-state index contributed by atoms with van der Waals surface area (Å²) >= 11 is 1.08. The average molecular weight is 704 g/mol. The molecule has 1 aliphatic rings. The molecule has 0 spiro atoms. The largest absolute Gasteiger partial charge is 0.412 e. The van der Waals surface area contributed by atoms with Crippen molar-refractivity contribution in [3.63, 3.8) is 0 Å². The number of likely N-dealkylation sites (tertiary alicyclic amines) is 1. The number of nitrogens with zero attached hydrogens (tertiary/aromatic N) is 1. The molecule has 6 amide bonds. The second-order valence-electron chi connectivity index (χ2n) is 11.7. The van der Waals surface area contributed by atoms with Gasteiger partial charge in [0.1, 0.15) is 11.8 Å². The van der Waals surface area contributed by atoms with Crippen molar-refractivity contribution in [3.8, 4) is 5.75 Å². The van der Waals surface area contributed by atoms with E-state index in [9.17, 15) is 28.8 Å². The van der Waals surface area contributed by atoms with Crippen molar-refractivity contribution in [2.75, 3.05) is 17.6 Å². The second-order valence-corrected chi connectivity index (χ2v) is 12.9. The number of nitrogens with one attached hydrogen (secondary N) is 3. The number of nitrogens with two attached hydrogens (primary N) is 3. The van der Waals surface area contributed by atoms with Crippen LogP contribution in [0.5, 0.6) is 5.75 Å². The number of carbonyl (C=O) groups excluding carboxylic acids is 6. The van der Waals surface area contributed by atoms with Gasteiger partial charge in [-0.3, -0.25) is 28.9 Å². The summed E-state index contributed by atoms with van der Waals surface area (Å²) in [6.45, 7) is 0.323. The minimum Gasteiger partial charge on any atom is -0.410 e. The fourth-order valence-corrected chi connectivity index (χ4v) is 6.19. The molecule has 1 aliphatic heterocycles. The highest BCUT2D eigenvalue weighted by Gasteiger charge is 2.39. The van der Waals surface area contributed by atoms with Crippen molar-refractivity contribution in [1.82, 2.24) is 15.5 Å². The first-order valence-electron chi connectivity index (χ1n) is 16.0. The van der Waals surface area contributed by atoms with E-state index in [0.29, 0.717) is 12.1 Å². The molecular weight excluding hydrogens is 662 g/mol. The van der Waals surface area contributed by atoms with E-state index in [0.717, 1.165) is 22.9 Å². The molecule has 1 heterocycles. The van der Waals surface area contributed by atoms with Crippen molar-refractivity contribution < 1.29 is 33.5 Å². The summed E-state index contributed by atoms with van der Waals surface area (Å²) in [5.41, 5.74) is 19.8. The number of para-hydroxylation sites is 1. The van der Waals surface area contributed by atoms with E-state index in [2.05, 4.69) is 16.0 Å². The Labute approximate surface area is 293 Å². The van der Waals surface area contributed by atoms with Crippen molar-refractivity contribution >= 4 is 53.1 Å². The summed E-state index contributed by atoms with van der Waals surface area (Å²) in [6.07, 6.45) is 0.0786. The molecule has 0 aliphatic carbocycles. The molecule has 0 bridgehead atoms. The van der Waals surface area contributed by atoms with Crippen LogP contribution in [0.3, 0.4) is 0 Å². The third-order valence-corrected chi connectivity index (χ3v) is 9.07. The quantitative estimate of drug-likeness (QED) is 0.0875. The molecule has 50 heavy (non-hydrogen) atoms. The minimum absolute atomic E-state index is 0.0125. The number of hydrogen-bond donors (Lipinski definition) is 6. The van der Waals surface area contributed by atoms with Crippen LogP contribution < -0.4 is 37.9 Å². The van der Waals surface area contributed by atoms with Crippen LogP contribution in [0.2, 0.25) is 0 Å². The highest BCUT2D eigenvalue weighted by atomic mass is 32.2. The monoisotopic (exact) mass is 703 g/mol. The van der Waals surface area contributed by atoms with Gasteiger partial charge in [0.15, 0.2) is 0 Å². The van der Waals surface area contributed by atoms with Gasteiger partial charge >= 0.3 is 6.09 Å². The molecule has 14 nitrogen and oxygen atoms in total. The van der Waals surface area contributed by atoms with E-state index in [-0.39, 0.29) is 61.6 Å². The summed E-state index contributed by atoms with van der Waals surface area (Å²) < 4.78 is 5.28. The Morgan fingerprint density at radius 1 is 0.860 bits per heavy atom. The van der Waals surface area contributed by atoms with Crippen molar-refractivity contribution in [3.05, 3.63) is 96.1 Å². The molecule has 9 N–H and O–H groups in total. The van der Waals surface area contributed by atoms with E-state index in [1.165, 1.54) is 4.90 Å². The lowest BCUT2D eigenvalue weighted by Gasteiger charge is -2.20. The first kappa shape index (κ1) is 37.6. The zero-order valence-electron chi connectivity index (χ0n) is 27.3. The topological polar surface area (TPSA) is 229 Å². The molecule has 15 heteroatoms. The summed E-state index contributed by atoms with van der Waals surface area (Å²) in [5.74, 6) is -2.13. The maximum Gasteiger partial charge on any atom is 0.412 e. The van der Waals surface area contributed by atoms with Gasteiger partial charge in [-0.1, -0.05) is 60.7 Å². The normalized spacial score (nSPS) is 15.9. The highest BCUT2D eigenvalue weighted by molar-refractivity contribution is 8.00. The maximum absolute atomic E-state index is 12.9. The van der Waals surface area contributed by atoms with Crippen molar-refractivity contribution in [2.45, 2.75) is 55.6 Å². The van der Waals surface area contributed by atoms with Gasteiger partial charge in [0.2, 0.25) is 29.5 Å². The fraction of sp³-hybridized carbons (Fsp3) is 0.314. The molecule has 0 radical (unpaired) electrons. The second kappa shape index (κ2) is 18.5. The van der Waals surface area contributed by atoms with Crippen molar-refractivity contribution in [2.24, 2.45) is 17.2 Å². The van der Waals surface area contributed by atoms with Gasteiger partial charge in [-0.05, 0) is 54.7 Å². The number of ether oxygens (including phenoxy) is 1. The molecule has 264 valence electrons. The molecule has 3 aromatic carbocycles. The highest BCUT2D eigenvalue weighted by Crippen LogP contribution is 2.27. The van der Waals surface area contributed by atoms with Gasteiger partial charge in [-0.25, -0.2) is 4.79 Å². The number of imide groups is 1. The Morgan fingerprint density at radius 2 is 1.52 bits per heavy atom. The van der Waals surface area contributed by atoms with Crippen LogP contribution in [0, 0.1) is 0 Å². The number of carbonyl (C=O) groups is 6. The van der Waals surface area contributed by atoms with Crippen LogP contribution in [0.1, 0.15) is 30.4 Å². The molecule has 3 aromatic rings. The van der Waals surface area contributed by atoms with E-state index in [1.54, 1.807) is 36.4 Å². The van der Waals surface area contributed by atoms with E-state index >= 15 is 0 Å². The molecule has 0 saturated carbocycles. The lowest BCUT2D eigenvalue weighted by Crippen LogP contribution is -2.51. The summed E-state index contributed by atoms with van der Waals surface area (Å²) in [4.78, 5) is 75.9. The van der Waals surface area contributed by atoms with Gasteiger partial charge in [0.05, 0.1) is 23.9 Å². The number of benzene rings is 3. The Hall–Kier alpha value is -5.25. The first-order chi connectivity index (χ1) is 24.0. The molecule has 4 rings (SSSR count). The number of thioether (sulfide) groups is 1. The van der Waals surface area contributed by atoms with Gasteiger partial charge in [0, 0.05) is 24.4 Å². The van der Waals surface area contributed by atoms with Crippen LogP contribution in [-0.2, 0) is 36.9 Å². The van der Waals surface area contributed by atoms with Gasteiger partial charge < -0.3 is 37.9 Å². The van der Waals surface area contributed by atoms with Crippen LogP contribution in [0.15, 0.2) is 84.9 Å². The smallest absolute Gasteiger partial charge is 0.410 e. The number of rotatable bonds is 17. The van der Waals surface area contributed by atoms with Crippen molar-refractivity contribution in [1.29, 1.82) is 0 Å². The van der Waals surface area contributed by atoms with Gasteiger partial charge in [-0.15, -0.1) is 11.8 Å². The number of anilines is 1. The Balaban J connectivity index is 1.12. The van der Waals surface area contributed by atoms with E-state index in [4.69, 9.17) is 21.9 Å². The molecule has 1 fully saturated rings. The molecule has 4 atom stereocenters. The first-order valence-corrected chi connectivity index (χ1v) is 17.1. The third kappa shape index (κ3) is 11.4. The number of amides is 6. The maximum atomic E-state index is 12.9. The SMILES string of the molecule is NC(=O)[C@H](CSC1CC(=O)N(Cc2ccccc2)C1=O)NC(=O)C(N)CCCNC(=O)Oc1ccc(CC(N)C(=O)Nc2ccccc2)cc1. The Morgan fingerprint density at radius 3 is 2.18 bits per heavy atom.